The molecule has 0 aliphatic carbocycles. The summed E-state index contributed by atoms with van der Waals surface area (Å²) in [7, 11) is 0. The van der Waals surface area contributed by atoms with Crippen molar-refractivity contribution in [1.82, 2.24) is 0 Å². The third-order valence-corrected chi connectivity index (χ3v) is 0. The van der Waals surface area contributed by atoms with Gasteiger partial charge in [0.15, 0.2) is 0 Å². The maximum absolute atomic E-state index is 2.00. The van der Waals surface area contributed by atoms with Crippen LogP contribution < -0.4 is 0 Å². The van der Waals surface area contributed by atoms with Crippen molar-refractivity contribution >= 4 is 0 Å². The van der Waals surface area contributed by atoms with E-state index in [1.807, 2.05) is 20.3 Å². The largest absolute Gasteiger partial charge is 0.335 e. The fourth-order valence-corrected chi connectivity index (χ4v) is 0. The van der Waals surface area contributed by atoms with Crippen LogP contribution >= 0.6 is 0 Å². The van der Waals surface area contributed by atoms with Crippen molar-refractivity contribution in [3.05, 3.63) is 6.42 Å². The molecule has 0 nitrogen and oxygen atoms in total. The molecule has 0 bridgehead atoms. The van der Waals surface area contributed by atoms with Crippen LogP contribution in [-0.2, 0) is 0 Å². The second-order valence-corrected chi connectivity index (χ2v) is 0.577. The predicted octanol–water partition coefficient (Wildman–Crippen LogP) is 1.23. The van der Waals surface area contributed by atoms with Gasteiger partial charge in [0.05, 0.1) is 0 Å². The summed E-state index contributed by atoms with van der Waals surface area (Å²) in [5, 5.41) is 0. The second kappa shape index (κ2) is 8.87. The topological polar surface area (TPSA) is 0 Å². The zero-order chi connectivity index (χ0) is 2.71. The van der Waals surface area contributed by atoms with Crippen molar-refractivity contribution in [3.63, 3.8) is 0 Å². The van der Waals surface area contributed by atoms with E-state index in [0.717, 1.165) is 0 Å². The molecule has 0 aliphatic heterocycles. The van der Waals surface area contributed by atoms with Crippen molar-refractivity contribution in [2.45, 2.75) is 13.8 Å². The van der Waals surface area contributed by atoms with E-state index in [1.165, 1.54) is 0 Å². The zero-order valence-corrected chi connectivity index (χ0v) is 4.63. The summed E-state index contributed by atoms with van der Waals surface area (Å²) in [5.41, 5.74) is 0. The Bertz CT molecular complexity index is 3.25. The minimum absolute atomic E-state index is 0. The molecule has 0 fully saturated rings. The van der Waals surface area contributed by atoms with E-state index in [-0.39, 0.29) is 36.9 Å². The fraction of sp³-hybridized carbons (Fsp3) is 0.667. The fourth-order valence-electron chi connectivity index (χ4n) is 0. The summed E-state index contributed by atoms with van der Waals surface area (Å²) in [6.45, 7) is 4.00. The summed E-state index contributed by atoms with van der Waals surface area (Å²) < 4.78 is 0. The molecule has 0 amide bonds. The summed E-state index contributed by atoms with van der Waals surface area (Å²) >= 11 is 0. The van der Waals surface area contributed by atoms with Gasteiger partial charge in [-0.15, -0.1) is 0 Å². The predicted molar refractivity (Wildman–Crippen MR) is 15.6 cm³/mol. The second-order valence-electron chi connectivity index (χ2n) is 0.577. The quantitative estimate of drug-likeness (QED) is 0.530. The van der Waals surface area contributed by atoms with Crippen molar-refractivity contribution in [1.29, 1.82) is 0 Å². The van der Waals surface area contributed by atoms with Gasteiger partial charge in [0.2, 0.25) is 0 Å². The van der Waals surface area contributed by atoms with Crippen LogP contribution in [0.5, 0.6) is 0 Å². The minimum Gasteiger partial charge on any atom is -0.335 e. The molecule has 4 heavy (non-hydrogen) atoms. The van der Waals surface area contributed by atoms with Gasteiger partial charge in [-0.1, -0.05) is 0 Å². The van der Waals surface area contributed by atoms with Gasteiger partial charge in [-0.2, -0.15) is 13.8 Å². The van der Waals surface area contributed by atoms with Crippen LogP contribution in [0.25, 0.3) is 0 Å². The minimum atomic E-state index is 0. The third-order valence-electron chi connectivity index (χ3n) is 0. The number of hydrogen-bond acceptors (Lipinski definition) is 0. The normalized spacial score (nSPS) is 4.50. The van der Waals surface area contributed by atoms with E-state index in [1.54, 1.807) is 0 Å². The molecule has 0 unspecified atom stereocenters. The molecular weight excluding hydrogens is 205 g/mol. The average Bonchev–Trinajstić information content (AvgIpc) is 0.918. The summed E-state index contributed by atoms with van der Waals surface area (Å²) in [6.07, 6.45) is 2.00. The van der Waals surface area contributed by atoms with Crippen LogP contribution in [0.2, 0.25) is 0 Å². The molecule has 0 heterocycles. The van der Waals surface area contributed by atoms with Gasteiger partial charge >= 0.3 is 0 Å². The summed E-state index contributed by atoms with van der Waals surface area (Å²) in [4.78, 5) is 0. The molecule has 33 valence electrons. The Kier molecular flexibility index (Phi) is 19.9. The first-order valence-electron chi connectivity index (χ1n) is 1.15. The van der Waals surface area contributed by atoms with Gasteiger partial charge in [-0.25, -0.2) is 0 Å². The summed E-state index contributed by atoms with van der Waals surface area (Å²) in [6, 6.07) is 0. The first-order chi connectivity index (χ1) is 1.41. The Hall–Kier alpha value is 1.23. The molecular formula is C3H7Tm-. The van der Waals surface area contributed by atoms with Gasteiger partial charge in [0.1, 0.15) is 0 Å². The molecule has 0 aromatic rings. The Morgan fingerprint density at radius 2 is 1.25 bits per heavy atom. The smallest absolute Gasteiger partial charge is 0 e. The van der Waals surface area contributed by atoms with E-state index < -0.39 is 0 Å². The number of hydrogen-bond donors (Lipinski definition) is 0. The molecule has 0 aromatic carbocycles. The maximum atomic E-state index is 2.00. The van der Waals surface area contributed by atoms with Crippen molar-refractivity contribution in [2.75, 3.05) is 0 Å². The molecule has 0 atom stereocenters. The average molecular weight is 212 g/mol. The van der Waals surface area contributed by atoms with Crippen LogP contribution in [-0.4, -0.2) is 0 Å². The van der Waals surface area contributed by atoms with Gasteiger partial charge in [-0.3, -0.25) is 0 Å². The molecule has 1 heteroatoms. The zero-order valence-electron chi connectivity index (χ0n) is 2.85. The van der Waals surface area contributed by atoms with Crippen LogP contribution in [0.3, 0.4) is 0 Å². The molecule has 0 saturated heterocycles. The first-order valence-corrected chi connectivity index (χ1v) is 1.15. The summed E-state index contributed by atoms with van der Waals surface area (Å²) in [5.74, 6) is 0. The van der Waals surface area contributed by atoms with Gasteiger partial charge in [-0.05, 0) is 0 Å². The van der Waals surface area contributed by atoms with Gasteiger partial charge < -0.3 is 6.42 Å². The Morgan fingerprint density at radius 1 is 1.25 bits per heavy atom. The molecule has 0 spiro atoms. The van der Waals surface area contributed by atoms with E-state index in [2.05, 4.69) is 0 Å². The monoisotopic (exact) mass is 212 g/mol. The van der Waals surface area contributed by atoms with Crippen molar-refractivity contribution in [2.24, 2.45) is 0 Å². The molecule has 0 rings (SSSR count). The van der Waals surface area contributed by atoms with Gasteiger partial charge in [0.25, 0.3) is 0 Å². The van der Waals surface area contributed by atoms with Crippen molar-refractivity contribution in [3.8, 4) is 0 Å². The van der Waals surface area contributed by atoms with E-state index in [9.17, 15) is 0 Å². The van der Waals surface area contributed by atoms with Crippen LogP contribution in [0.4, 0.5) is 0 Å². The van der Waals surface area contributed by atoms with Crippen LogP contribution in [0.1, 0.15) is 13.8 Å². The molecule has 0 N–H and O–H groups in total. The Balaban J connectivity index is 0. The van der Waals surface area contributed by atoms with Gasteiger partial charge in [0, 0.05) is 36.9 Å². The van der Waals surface area contributed by atoms with E-state index >= 15 is 0 Å². The van der Waals surface area contributed by atoms with Crippen LogP contribution in [0, 0.1) is 43.3 Å². The standard InChI is InChI=1S/C3H7.Tm/c1-3-2;/h3H,1-2H3;/q-1;. The molecule has 0 saturated carbocycles. The molecule has 0 aliphatic rings. The van der Waals surface area contributed by atoms with Crippen molar-refractivity contribution < 1.29 is 36.9 Å². The Morgan fingerprint density at radius 3 is 1.25 bits per heavy atom. The molecule has 1 radical (unpaired) electrons. The van der Waals surface area contributed by atoms with E-state index in [0.29, 0.717) is 0 Å². The Labute approximate surface area is 56.8 Å². The third kappa shape index (κ3) is 10.6. The van der Waals surface area contributed by atoms with E-state index in [4.69, 9.17) is 0 Å². The maximum Gasteiger partial charge on any atom is 0 e. The number of rotatable bonds is 0. The first kappa shape index (κ1) is 8.97. The SMILES string of the molecule is C[CH-]C.[Tm]. The molecule has 0 aromatic heterocycles. The van der Waals surface area contributed by atoms with Crippen LogP contribution in [0.15, 0.2) is 0 Å².